The Morgan fingerprint density at radius 3 is 2.44 bits per heavy atom. The quantitative estimate of drug-likeness (QED) is 0.724. The minimum Gasteiger partial charge on any atom is -0.298 e. The van der Waals surface area contributed by atoms with E-state index in [1.165, 1.54) is 6.07 Å². The number of rotatable bonds is 2. The summed E-state index contributed by atoms with van der Waals surface area (Å²) in [5.41, 5.74) is 4.33. The number of hydrogen-bond acceptors (Lipinski definition) is 1. The average Bonchev–Trinajstić information content (AvgIpc) is 2.35. The summed E-state index contributed by atoms with van der Waals surface area (Å²) in [6.45, 7) is 3.79. The molecule has 0 spiro atoms. The molecule has 3 heteroatoms. The Bertz CT molecular complexity index is 620. The summed E-state index contributed by atoms with van der Waals surface area (Å²) in [6.07, 6.45) is 0.837. The Balaban J connectivity index is 2.60. The standard InChI is InChI=1S/C15H12ClFO/c1-9-6-13(10(2)5-12(9)8-18)11-3-4-15(17)14(16)7-11/h3-8H,1-2H3. The van der Waals surface area contributed by atoms with Crippen molar-refractivity contribution >= 4 is 17.9 Å². The maximum atomic E-state index is 13.1. The van der Waals surface area contributed by atoms with Crippen LogP contribution in [0.25, 0.3) is 11.1 Å². The molecule has 2 rings (SSSR count). The van der Waals surface area contributed by atoms with Crippen molar-refractivity contribution in [3.63, 3.8) is 0 Å². The Labute approximate surface area is 110 Å². The molecule has 0 unspecified atom stereocenters. The highest BCUT2D eigenvalue weighted by atomic mass is 35.5. The third-order valence-electron chi connectivity index (χ3n) is 2.97. The number of carbonyl (C=O) groups excluding carboxylic acids is 1. The number of aryl methyl sites for hydroxylation is 2. The van der Waals surface area contributed by atoms with Crippen molar-refractivity contribution in [3.05, 3.63) is 57.9 Å². The van der Waals surface area contributed by atoms with Crippen molar-refractivity contribution in [1.82, 2.24) is 0 Å². The van der Waals surface area contributed by atoms with Gasteiger partial charge in [-0.05, 0) is 54.3 Å². The molecule has 0 radical (unpaired) electrons. The molecule has 0 aliphatic rings. The maximum Gasteiger partial charge on any atom is 0.150 e. The van der Waals surface area contributed by atoms with E-state index in [2.05, 4.69) is 0 Å². The second-order valence-corrected chi connectivity index (χ2v) is 4.68. The first-order valence-electron chi connectivity index (χ1n) is 5.55. The van der Waals surface area contributed by atoms with E-state index in [-0.39, 0.29) is 5.02 Å². The maximum absolute atomic E-state index is 13.1. The van der Waals surface area contributed by atoms with E-state index in [1.54, 1.807) is 12.1 Å². The average molecular weight is 263 g/mol. The number of hydrogen-bond donors (Lipinski definition) is 0. The fourth-order valence-corrected chi connectivity index (χ4v) is 2.12. The van der Waals surface area contributed by atoms with Gasteiger partial charge in [-0.2, -0.15) is 0 Å². The fraction of sp³-hybridized carbons (Fsp3) is 0.133. The van der Waals surface area contributed by atoms with Crippen LogP contribution in [0.4, 0.5) is 4.39 Å². The van der Waals surface area contributed by atoms with Gasteiger partial charge in [0.2, 0.25) is 0 Å². The van der Waals surface area contributed by atoms with Crippen molar-refractivity contribution in [2.45, 2.75) is 13.8 Å². The molecule has 1 nitrogen and oxygen atoms in total. The molecule has 0 N–H and O–H groups in total. The van der Waals surface area contributed by atoms with Crippen molar-refractivity contribution in [1.29, 1.82) is 0 Å². The van der Waals surface area contributed by atoms with Crippen LogP contribution in [0.15, 0.2) is 30.3 Å². The SMILES string of the molecule is Cc1cc(-c2ccc(F)c(Cl)c2)c(C)cc1C=O. The van der Waals surface area contributed by atoms with Crippen molar-refractivity contribution in [3.8, 4) is 11.1 Å². The number of halogens is 2. The van der Waals surface area contributed by atoms with E-state index in [0.717, 1.165) is 28.5 Å². The highest BCUT2D eigenvalue weighted by molar-refractivity contribution is 6.31. The predicted molar refractivity (Wildman–Crippen MR) is 71.7 cm³/mol. The van der Waals surface area contributed by atoms with Crippen molar-refractivity contribution in [2.75, 3.05) is 0 Å². The molecule has 0 atom stereocenters. The smallest absolute Gasteiger partial charge is 0.150 e. The van der Waals surface area contributed by atoms with E-state index in [4.69, 9.17) is 11.6 Å². The van der Waals surface area contributed by atoms with Gasteiger partial charge in [0.15, 0.2) is 0 Å². The van der Waals surface area contributed by atoms with E-state index in [0.29, 0.717) is 5.56 Å². The summed E-state index contributed by atoms with van der Waals surface area (Å²) in [6, 6.07) is 8.38. The lowest BCUT2D eigenvalue weighted by Gasteiger charge is -2.10. The number of benzene rings is 2. The van der Waals surface area contributed by atoms with Crippen LogP contribution < -0.4 is 0 Å². The molecule has 0 aromatic heterocycles. The monoisotopic (exact) mass is 262 g/mol. The highest BCUT2D eigenvalue weighted by Gasteiger charge is 2.08. The molecule has 0 fully saturated rings. The van der Waals surface area contributed by atoms with Gasteiger partial charge >= 0.3 is 0 Å². The fourth-order valence-electron chi connectivity index (χ4n) is 1.94. The minimum atomic E-state index is -0.431. The van der Waals surface area contributed by atoms with Gasteiger partial charge in [-0.15, -0.1) is 0 Å². The Morgan fingerprint density at radius 1 is 1.11 bits per heavy atom. The largest absolute Gasteiger partial charge is 0.298 e. The van der Waals surface area contributed by atoms with Crippen molar-refractivity contribution in [2.24, 2.45) is 0 Å². The summed E-state index contributed by atoms with van der Waals surface area (Å²) in [5, 5.41) is 0.101. The minimum absolute atomic E-state index is 0.101. The topological polar surface area (TPSA) is 17.1 Å². The lowest BCUT2D eigenvalue weighted by molar-refractivity contribution is 0.112. The van der Waals surface area contributed by atoms with E-state index in [9.17, 15) is 9.18 Å². The van der Waals surface area contributed by atoms with Crippen LogP contribution in [0.2, 0.25) is 5.02 Å². The summed E-state index contributed by atoms with van der Waals surface area (Å²) >= 11 is 5.78. The lowest BCUT2D eigenvalue weighted by atomic mass is 9.95. The molecule has 18 heavy (non-hydrogen) atoms. The first-order valence-corrected chi connectivity index (χ1v) is 5.92. The summed E-state index contributed by atoms with van der Waals surface area (Å²) < 4.78 is 13.1. The summed E-state index contributed by atoms with van der Waals surface area (Å²) in [4.78, 5) is 10.9. The molecule has 0 heterocycles. The van der Waals surface area contributed by atoms with Gasteiger partial charge < -0.3 is 0 Å². The van der Waals surface area contributed by atoms with Gasteiger partial charge in [-0.3, -0.25) is 4.79 Å². The molecule has 0 saturated heterocycles. The number of carbonyl (C=O) groups is 1. The molecule has 92 valence electrons. The van der Waals surface area contributed by atoms with E-state index in [1.807, 2.05) is 26.0 Å². The molecule has 2 aromatic rings. The molecule has 0 amide bonds. The third kappa shape index (κ3) is 2.29. The Morgan fingerprint density at radius 2 is 1.83 bits per heavy atom. The Kier molecular flexibility index (Phi) is 3.48. The summed E-state index contributed by atoms with van der Waals surface area (Å²) in [5.74, 6) is -0.431. The Hall–Kier alpha value is -1.67. The molecule has 0 aliphatic heterocycles. The first-order chi connectivity index (χ1) is 8.52. The van der Waals surface area contributed by atoms with E-state index < -0.39 is 5.82 Å². The van der Waals surface area contributed by atoms with Gasteiger partial charge in [0.1, 0.15) is 12.1 Å². The second kappa shape index (κ2) is 4.91. The molecule has 0 aliphatic carbocycles. The first kappa shape index (κ1) is 12.8. The van der Waals surface area contributed by atoms with Crippen LogP contribution >= 0.6 is 11.6 Å². The van der Waals surface area contributed by atoms with Gasteiger partial charge in [0, 0.05) is 5.56 Å². The van der Waals surface area contributed by atoms with Crippen LogP contribution in [-0.4, -0.2) is 6.29 Å². The normalized spacial score (nSPS) is 10.4. The number of aldehydes is 1. The molecule has 0 bridgehead atoms. The predicted octanol–water partition coefficient (Wildman–Crippen LogP) is 4.58. The van der Waals surface area contributed by atoms with Crippen molar-refractivity contribution < 1.29 is 9.18 Å². The van der Waals surface area contributed by atoms with Gasteiger partial charge in [-0.1, -0.05) is 23.7 Å². The van der Waals surface area contributed by atoms with Crippen LogP contribution in [0, 0.1) is 19.7 Å². The zero-order chi connectivity index (χ0) is 13.3. The van der Waals surface area contributed by atoms with Gasteiger partial charge in [-0.25, -0.2) is 4.39 Å². The zero-order valence-electron chi connectivity index (χ0n) is 10.1. The molecular weight excluding hydrogens is 251 g/mol. The summed E-state index contributed by atoms with van der Waals surface area (Å²) in [7, 11) is 0. The third-order valence-corrected chi connectivity index (χ3v) is 3.26. The zero-order valence-corrected chi connectivity index (χ0v) is 10.9. The van der Waals surface area contributed by atoms with Crippen LogP contribution in [0.1, 0.15) is 21.5 Å². The van der Waals surface area contributed by atoms with Gasteiger partial charge in [0.05, 0.1) is 5.02 Å². The van der Waals surface area contributed by atoms with Crippen LogP contribution in [-0.2, 0) is 0 Å². The van der Waals surface area contributed by atoms with Crippen LogP contribution in [0.3, 0.4) is 0 Å². The molecule has 0 saturated carbocycles. The van der Waals surface area contributed by atoms with Crippen LogP contribution in [0.5, 0.6) is 0 Å². The molecule has 2 aromatic carbocycles. The molecular formula is C15H12ClFO. The second-order valence-electron chi connectivity index (χ2n) is 4.27. The highest BCUT2D eigenvalue weighted by Crippen LogP contribution is 2.29. The van der Waals surface area contributed by atoms with Gasteiger partial charge in [0.25, 0.3) is 0 Å². The lowest BCUT2D eigenvalue weighted by Crippen LogP contribution is -1.92. The van der Waals surface area contributed by atoms with E-state index >= 15 is 0 Å².